The molecule has 7 heteroatoms. The predicted molar refractivity (Wildman–Crippen MR) is 71.4 cm³/mol. The van der Waals surface area contributed by atoms with E-state index in [1.54, 1.807) is 24.5 Å². The van der Waals surface area contributed by atoms with Crippen molar-refractivity contribution in [1.29, 1.82) is 0 Å². The van der Waals surface area contributed by atoms with Gasteiger partial charge in [-0.05, 0) is 13.3 Å². The third-order valence-electron chi connectivity index (χ3n) is 1.89. The summed E-state index contributed by atoms with van der Waals surface area (Å²) in [5.74, 6) is -0.132. The normalized spacial score (nSPS) is 12.9. The Hall–Kier alpha value is -0.360. The number of thiazole rings is 1. The first-order chi connectivity index (χ1) is 6.65. The second kappa shape index (κ2) is 8.75. The van der Waals surface area contributed by atoms with Crippen LogP contribution in [0.5, 0.6) is 0 Å². The van der Waals surface area contributed by atoms with E-state index >= 15 is 0 Å². The van der Waals surface area contributed by atoms with Crippen molar-refractivity contribution in [3.63, 3.8) is 0 Å². The summed E-state index contributed by atoms with van der Waals surface area (Å²) in [6.07, 6.45) is 2.56. The zero-order valence-corrected chi connectivity index (χ0v) is 11.6. The van der Waals surface area contributed by atoms with Gasteiger partial charge in [-0.1, -0.05) is 6.92 Å². The van der Waals surface area contributed by atoms with Crippen molar-refractivity contribution in [1.82, 2.24) is 10.3 Å². The van der Waals surface area contributed by atoms with E-state index in [0.29, 0.717) is 0 Å². The summed E-state index contributed by atoms with van der Waals surface area (Å²) in [6, 6.07) is -0.475. The number of nitrogens with one attached hydrogen (secondary N) is 1. The fraction of sp³-hybridized carbons (Fsp3) is 0.556. The number of hydrogen-bond donors (Lipinski definition) is 2. The lowest BCUT2D eigenvalue weighted by Gasteiger charge is -2.15. The standard InChI is InChI=1S/C9H15N3OS.2ClH/c1-3-7(9-11-4-5-14-9)12-8(13)6(2)10;;/h4-7H,3,10H2,1-2H3,(H,12,13);2*1H. The highest BCUT2D eigenvalue weighted by Crippen LogP contribution is 2.18. The van der Waals surface area contributed by atoms with Gasteiger partial charge < -0.3 is 11.1 Å². The maximum Gasteiger partial charge on any atom is 0.237 e. The smallest absolute Gasteiger partial charge is 0.237 e. The molecule has 2 unspecified atom stereocenters. The second-order valence-corrected chi connectivity index (χ2v) is 4.05. The van der Waals surface area contributed by atoms with Gasteiger partial charge in [0.1, 0.15) is 5.01 Å². The van der Waals surface area contributed by atoms with Crippen molar-refractivity contribution >= 4 is 42.1 Å². The summed E-state index contributed by atoms with van der Waals surface area (Å²) in [4.78, 5) is 15.5. The first-order valence-corrected chi connectivity index (χ1v) is 5.48. The maximum atomic E-state index is 11.3. The molecule has 94 valence electrons. The van der Waals surface area contributed by atoms with Crippen LogP contribution in [0.3, 0.4) is 0 Å². The first-order valence-electron chi connectivity index (χ1n) is 4.60. The number of rotatable bonds is 4. The zero-order valence-electron chi connectivity index (χ0n) is 9.17. The minimum Gasteiger partial charge on any atom is -0.346 e. The van der Waals surface area contributed by atoms with Crippen molar-refractivity contribution in [3.05, 3.63) is 16.6 Å². The minimum atomic E-state index is -0.469. The van der Waals surface area contributed by atoms with Crippen molar-refractivity contribution < 1.29 is 4.79 Å². The van der Waals surface area contributed by atoms with Crippen LogP contribution < -0.4 is 11.1 Å². The van der Waals surface area contributed by atoms with E-state index in [0.717, 1.165) is 11.4 Å². The molecule has 0 bridgehead atoms. The van der Waals surface area contributed by atoms with Gasteiger partial charge in [0.2, 0.25) is 5.91 Å². The molecule has 3 N–H and O–H groups in total. The molecule has 1 aromatic heterocycles. The van der Waals surface area contributed by atoms with Crippen LogP contribution in [0, 0.1) is 0 Å². The van der Waals surface area contributed by atoms with Gasteiger partial charge in [0.25, 0.3) is 0 Å². The molecule has 0 aromatic carbocycles. The summed E-state index contributed by atoms with van der Waals surface area (Å²) >= 11 is 1.54. The molecule has 1 heterocycles. The van der Waals surface area contributed by atoms with Crippen LogP contribution in [0.1, 0.15) is 31.3 Å². The average Bonchev–Trinajstić information content (AvgIpc) is 2.66. The van der Waals surface area contributed by atoms with Crippen LogP contribution in [-0.2, 0) is 4.79 Å². The van der Waals surface area contributed by atoms with E-state index in [1.165, 1.54) is 0 Å². The number of nitrogens with zero attached hydrogens (tertiary/aromatic N) is 1. The Morgan fingerprint density at radius 3 is 2.62 bits per heavy atom. The highest BCUT2D eigenvalue weighted by Gasteiger charge is 2.16. The largest absolute Gasteiger partial charge is 0.346 e. The number of carbonyl (C=O) groups excluding carboxylic acids is 1. The molecule has 0 aliphatic heterocycles. The number of nitrogens with two attached hydrogens (primary N) is 1. The Morgan fingerprint density at radius 2 is 2.25 bits per heavy atom. The third kappa shape index (κ3) is 5.12. The summed E-state index contributed by atoms with van der Waals surface area (Å²) in [6.45, 7) is 3.68. The van der Waals surface area contributed by atoms with E-state index in [4.69, 9.17) is 5.73 Å². The van der Waals surface area contributed by atoms with Crippen LogP contribution in [0.2, 0.25) is 0 Å². The Bertz CT molecular complexity index is 293. The molecule has 16 heavy (non-hydrogen) atoms. The lowest BCUT2D eigenvalue weighted by Crippen LogP contribution is -2.40. The molecular weight excluding hydrogens is 269 g/mol. The van der Waals surface area contributed by atoms with Gasteiger partial charge in [0.05, 0.1) is 12.1 Å². The minimum absolute atomic E-state index is 0. The molecule has 1 amide bonds. The van der Waals surface area contributed by atoms with Crippen LogP contribution in [0.4, 0.5) is 0 Å². The van der Waals surface area contributed by atoms with E-state index in [-0.39, 0.29) is 36.8 Å². The van der Waals surface area contributed by atoms with Crippen LogP contribution in [0.15, 0.2) is 11.6 Å². The lowest BCUT2D eigenvalue weighted by molar-refractivity contribution is -0.122. The highest BCUT2D eigenvalue weighted by molar-refractivity contribution is 7.09. The monoisotopic (exact) mass is 285 g/mol. The van der Waals surface area contributed by atoms with Crippen LogP contribution in [0.25, 0.3) is 0 Å². The molecule has 0 aliphatic carbocycles. The molecule has 4 nitrogen and oxygen atoms in total. The summed E-state index contributed by atoms with van der Waals surface area (Å²) in [7, 11) is 0. The third-order valence-corrected chi connectivity index (χ3v) is 2.78. The lowest BCUT2D eigenvalue weighted by atomic mass is 10.2. The summed E-state index contributed by atoms with van der Waals surface area (Å²) in [5.41, 5.74) is 5.46. The zero-order chi connectivity index (χ0) is 10.6. The predicted octanol–water partition coefficient (Wildman–Crippen LogP) is 1.90. The fourth-order valence-electron chi connectivity index (χ4n) is 1.05. The second-order valence-electron chi connectivity index (χ2n) is 3.13. The van der Waals surface area contributed by atoms with Gasteiger partial charge in [-0.25, -0.2) is 4.98 Å². The number of amides is 1. The number of hydrogen-bond acceptors (Lipinski definition) is 4. The van der Waals surface area contributed by atoms with Gasteiger partial charge in [0.15, 0.2) is 0 Å². The Morgan fingerprint density at radius 1 is 1.62 bits per heavy atom. The fourth-order valence-corrected chi connectivity index (χ4v) is 1.82. The molecule has 0 saturated carbocycles. The van der Waals surface area contributed by atoms with Gasteiger partial charge >= 0.3 is 0 Å². The molecule has 0 aliphatic rings. The van der Waals surface area contributed by atoms with Crippen molar-refractivity contribution in [2.75, 3.05) is 0 Å². The van der Waals surface area contributed by atoms with Crippen LogP contribution >= 0.6 is 36.2 Å². The topological polar surface area (TPSA) is 68.0 Å². The SMILES string of the molecule is CCC(NC(=O)C(C)N)c1nccs1.Cl.Cl. The summed E-state index contributed by atoms with van der Waals surface area (Å²) < 4.78 is 0. The molecule has 0 saturated heterocycles. The van der Waals surface area contributed by atoms with Gasteiger partial charge in [-0.15, -0.1) is 36.2 Å². The van der Waals surface area contributed by atoms with Crippen molar-refractivity contribution in [2.45, 2.75) is 32.4 Å². The van der Waals surface area contributed by atoms with E-state index < -0.39 is 6.04 Å². The molecule has 0 fully saturated rings. The quantitative estimate of drug-likeness (QED) is 0.888. The molecule has 1 rings (SSSR count). The highest BCUT2D eigenvalue weighted by atomic mass is 35.5. The first kappa shape index (κ1) is 18.0. The van der Waals surface area contributed by atoms with Crippen molar-refractivity contribution in [2.24, 2.45) is 5.73 Å². The number of halogens is 2. The molecule has 1 aromatic rings. The van der Waals surface area contributed by atoms with E-state index in [2.05, 4.69) is 10.3 Å². The number of carbonyl (C=O) groups is 1. The molecule has 2 atom stereocenters. The molecular formula is C9H17Cl2N3OS. The van der Waals surface area contributed by atoms with E-state index in [9.17, 15) is 4.79 Å². The Balaban J connectivity index is 0. The van der Waals surface area contributed by atoms with E-state index in [1.807, 2.05) is 12.3 Å². The Kier molecular flexibility index (Phi) is 9.86. The average molecular weight is 286 g/mol. The van der Waals surface area contributed by atoms with Gasteiger partial charge in [-0.3, -0.25) is 4.79 Å². The molecule has 0 spiro atoms. The summed E-state index contributed by atoms with van der Waals surface area (Å²) in [5, 5.41) is 5.68. The van der Waals surface area contributed by atoms with Crippen LogP contribution in [-0.4, -0.2) is 16.9 Å². The van der Waals surface area contributed by atoms with Crippen molar-refractivity contribution in [3.8, 4) is 0 Å². The Labute approximate surface area is 112 Å². The molecule has 0 radical (unpaired) electrons. The number of aromatic nitrogens is 1. The maximum absolute atomic E-state index is 11.3. The van der Waals surface area contributed by atoms with Gasteiger partial charge in [-0.2, -0.15) is 0 Å². The van der Waals surface area contributed by atoms with Gasteiger partial charge in [0, 0.05) is 11.6 Å².